The van der Waals surface area contributed by atoms with Crippen LogP contribution in [0, 0.1) is 0 Å². The Morgan fingerprint density at radius 3 is 1.52 bits per heavy atom. The Kier molecular flexibility index (Phi) is 6.60. The lowest BCUT2D eigenvalue weighted by molar-refractivity contribution is 1.62. The van der Waals surface area contributed by atoms with Crippen molar-refractivity contribution in [2.45, 2.75) is 0 Å². The molecule has 0 spiro atoms. The molecule has 0 nitrogen and oxygen atoms in total. The zero-order valence-corrected chi connectivity index (χ0v) is 27.5. The van der Waals surface area contributed by atoms with Crippen LogP contribution < -0.4 is 0 Å². The van der Waals surface area contributed by atoms with Crippen molar-refractivity contribution in [2.24, 2.45) is 0 Å². The highest BCUT2D eigenvalue weighted by Crippen LogP contribution is 2.49. The smallest absolute Gasteiger partial charge is 0.00199 e. The van der Waals surface area contributed by atoms with Gasteiger partial charge < -0.3 is 0 Å². The summed E-state index contributed by atoms with van der Waals surface area (Å²) in [7, 11) is 0. The van der Waals surface area contributed by atoms with Gasteiger partial charge in [0.15, 0.2) is 0 Å². The second-order valence-corrected chi connectivity index (χ2v) is 13.2. The second-order valence-electron chi connectivity index (χ2n) is 13.2. The first kappa shape index (κ1) is 28.5. The van der Waals surface area contributed by atoms with Gasteiger partial charge in [-0.05, 0) is 117 Å². The van der Waals surface area contributed by atoms with Crippen molar-refractivity contribution >= 4 is 53.9 Å². The topological polar surface area (TPSA) is 0 Å². The molecule has 50 heavy (non-hydrogen) atoms. The van der Waals surface area contributed by atoms with Crippen LogP contribution in [0.5, 0.6) is 0 Å². The predicted octanol–water partition coefficient (Wildman–Crippen LogP) is 14.1. The van der Waals surface area contributed by atoms with E-state index in [4.69, 9.17) is 0 Å². The van der Waals surface area contributed by atoms with Crippen molar-refractivity contribution in [2.75, 3.05) is 0 Å². The third-order valence-electron chi connectivity index (χ3n) is 10.4. The molecule has 0 N–H and O–H groups in total. The highest BCUT2D eigenvalue weighted by Gasteiger charge is 2.21. The molecule has 0 unspecified atom stereocenters. The SMILES string of the molecule is c1ccc(-c2ccc3c(-c4cc5ccccc5c5ccccc45)c4ccccc4c(-c4ccccc4-c4ccc5ccccc5c4)c3c2)cc1. The number of fused-ring (bicyclic) bond motifs is 6. The average Bonchev–Trinajstić information content (AvgIpc) is 3.19. The van der Waals surface area contributed by atoms with E-state index in [1.165, 1.54) is 98.4 Å². The maximum Gasteiger partial charge on any atom is -0.00199 e. The van der Waals surface area contributed by atoms with Gasteiger partial charge in [0, 0.05) is 0 Å². The molecular formula is C50H32. The summed E-state index contributed by atoms with van der Waals surface area (Å²) in [5.74, 6) is 0. The fraction of sp³-hybridized carbons (Fsp3) is 0. The largest absolute Gasteiger partial charge is 0.0622 e. The van der Waals surface area contributed by atoms with Crippen LogP contribution in [0.2, 0.25) is 0 Å². The van der Waals surface area contributed by atoms with Gasteiger partial charge in [-0.25, -0.2) is 0 Å². The molecule has 232 valence electrons. The quantitative estimate of drug-likeness (QED) is 0.134. The summed E-state index contributed by atoms with van der Waals surface area (Å²) >= 11 is 0. The first-order valence-corrected chi connectivity index (χ1v) is 17.4. The Morgan fingerprint density at radius 2 is 0.740 bits per heavy atom. The van der Waals surface area contributed by atoms with Gasteiger partial charge in [-0.2, -0.15) is 0 Å². The van der Waals surface area contributed by atoms with E-state index >= 15 is 0 Å². The van der Waals surface area contributed by atoms with E-state index in [0.717, 1.165) is 0 Å². The zero-order chi connectivity index (χ0) is 33.0. The van der Waals surface area contributed by atoms with E-state index in [1.807, 2.05) is 0 Å². The van der Waals surface area contributed by atoms with Gasteiger partial charge in [0.1, 0.15) is 0 Å². The van der Waals surface area contributed by atoms with Crippen LogP contribution in [0.1, 0.15) is 0 Å². The van der Waals surface area contributed by atoms with Crippen LogP contribution >= 0.6 is 0 Å². The molecule has 0 radical (unpaired) electrons. The van der Waals surface area contributed by atoms with Crippen molar-refractivity contribution in [3.05, 3.63) is 194 Å². The van der Waals surface area contributed by atoms with Crippen molar-refractivity contribution < 1.29 is 0 Å². The molecule has 10 aromatic carbocycles. The molecule has 0 atom stereocenters. The molecule has 0 amide bonds. The molecular weight excluding hydrogens is 601 g/mol. The Hall–Kier alpha value is -6.50. The highest BCUT2D eigenvalue weighted by atomic mass is 14.2. The predicted molar refractivity (Wildman–Crippen MR) is 216 cm³/mol. The lowest BCUT2D eigenvalue weighted by atomic mass is 9.81. The van der Waals surface area contributed by atoms with Crippen molar-refractivity contribution in [3.8, 4) is 44.5 Å². The average molecular weight is 633 g/mol. The van der Waals surface area contributed by atoms with Crippen molar-refractivity contribution in [3.63, 3.8) is 0 Å². The van der Waals surface area contributed by atoms with Gasteiger partial charge in [-0.3, -0.25) is 0 Å². The Bertz CT molecular complexity index is 2910. The maximum absolute atomic E-state index is 2.43. The minimum atomic E-state index is 1.21. The summed E-state index contributed by atoms with van der Waals surface area (Å²) in [4.78, 5) is 0. The molecule has 10 aromatic rings. The first-order valence-electron chi connectivity index (χ1n) is 17.4. The molecule has 0 aliphatic rings. The normalized spacial score (nSPS) is 11.6. The van der Waals surface area contributed by atoms with Crippen LogP contribution in [0.3, 0.4) is 0 Å². The Balaban J connectivity index is 1.36. The maximum atomic E-state index is 2.43. The minimum Gasteiger partial charge on any atom is -0.0622 e. The monoisotopic (exact) mass is 632 g/mol. The number of hydrogen-bond acceptors (Lipinski definition) is 0. The van der Waals surface area contributed by atoms with Gasteiger partial charge in [-0.15, -0.1) is 0 Å². The van der Waals surface area contributed by atoms with Crippen molar-refractivity contribution in [1.82, 2.24) is 0 Å². The zero-order valence-electron chi connectivity index (χ0n) is 27.5. The Morgan fingerprint density at radius 1 is 0.200 bits per heavy atom. The van der Waals surface area contributed by atoms with E-state index < -0.39 is 0 Å². The number of benzene rings is 10. The fourth-order valence-electron chi connectivity index (χ4n) is 8.14. The van der Waals surface area contributed by atoms with E-state index in [0.29, 0.717) is 0 Å². The second kappa shape index (κ2) is 11.6. The summed E-state index contributed by atoms with van der Waals surface area (Å²) in [6.07, 6.45) is 0. The summed E-state index contributed by atoms with van der Waals surface area (Å²) < 4.78 is 0. The summed E-state index contributed by atoms with van der Waals surface area (Å²) in [6, 6.07) is 71.4. The molecule has 0 bridgehead atoms. The van der Waals surface area contributed by atoms with E-state index in [2.05, 4.69) is 194 Å². The van der Waals surface area contributed by atoms with E-state index in [1.54, 1.807) is 0 Å². The minimum absolute atomic E-state index is 1.21. The molecule has 0 aliphatic heterocycles. The van der Waals surface area contributed by atoms with Crippen LogP contribution in [-0.2, 0) is 0 Å². The first-order chi connectivity index (χ1) is 24.8. The van der Waals surface area contributed by atoms with Gasteiger partial charge in [0.05, 0.1) is 0 Å². The van der Waals surface area contributed by atoms with Gasteiger partial charge in [0.25, 0.3) is 0 Å². The fourth-order valence-corrected chi connectivity index (χ4v) is 8.14. The lowest BCUT2D eigenvalue weighted by Crippen LogP contribution is -1.94. The van der Waals surface area contributed by atoms with Gasteiger partial charge in [-0.1, -0.05) is 176 Å². The third-order valence-corrected chi connectivity index (χ3v) is 10.4. The number of rotatable bonds is 4. The molecule has 0 fully saturated rings. The summed E-state index contributed by atoms with van der Waals surface area (Å²) in [6.45, 7) is 0. The van der Waals surface area contributed by atoms with Crippen LogP contribution in [0.4, 0.5) is 0 Å². The summed E-state index contributed by atoms with van der Waals surface area (Å²) in [5, 5.41) is 12.6. The molecule has 0 saturated carbocycles. The molecule has 10 rings (SSSR count). The van der Waals surface area contributed by atoms with E-state index in [-0.39, 0.29) is 0 Å². The molecule has 0 aromatic heterocycles. The van der Waals surface area contributed by atoms with Gasteiger partial charge in [0.2, 0.25) is 0 Å². The molecule has 0 heterocycles. The molecule has 0 saturated heterocycles. The van der Waals surface area contributed by atoms with Crippen molar-refractivity contribution in [1.29, 1.82) is 0 Å². The van der Waals surface area contributed by atoms with Crippen LogP contribution in [0.25, 0.3) is 98.4 Å². The molecule has 0 heteroatoms. The van der Waals surface area contributed by atoms with Crippen LogP contribution in [0.15, 0.2) is 194 Å². The van der Waals surface area contributed by atoms with Crippen LogP contribution in [-0.4, -0.2) is 0 Å². The highest BCUT2D eigenvalue weighted by molar-refractivity contribution is 6.26. The standard InChI is InChI=1S/C50H32/c1-2-14-33(15-3-1)36-28-29-46-48(31-36)49(43-23-11-8-20-40(43)38-27-26-34-16-4-5-17-35(34)30-38)44-24-12-13-25-45(44)50(46)47-32-37-18-6-7-19-39(37)41-21-9-10-22-42(41)47/h1-32H. The Labute approximate surface area is 291 Å². The molecule has 0 aliphatic carbocycles. The van der Waals surface area contributed by atoms with E-state index in [9.17, 15) is 0 Å². The lowest BCUT2D eigenvalue weighted by Gasteiger charge is -2.21. The summed E-state index contributed by atoms with van der Waals surface area (Å²) in [5.41, 5.74) is 9.95. The third kappa shape index (κ3) is 4.54. The van der Waals surface area contributed by atoms with Gasteiger partial charge >= 0.3 is 0 Å². The number of hydrogen-bond donors (Lipinski definition) is 0.